The maximum Gasteiger partial charge on any atom is 0.248 e. The normalized spacial score (nSPS) is 9.44. The monoisotopic (exact) mass is 124 g/mol. The first-order chi connectivity index (χ1) is 4.33. The Kier molecular flexibility index (Phi) is 1.65. The van der Waals surface area contributed by atoms with E-state index in [1.54, 1.807) is 12.3 Å². The predicted molar refractivity (Wildman–Crippen MR) is 35.0 cm³/mol. The molecule has 0 saturated carbocycles. The van der Waals surface area contributed by atoms with Crippen molar-refractivity contribution in [1.29, 1.82) is 0 Å². The van der Waals surface area contributed by atoms with E-state index >= 15 is 0 Å². The standard InChI is InChI=1S/C6H8N2O/c7-4-5-1-2-8-6(9)3-5/h1-3H,4,7H2,(H,8,9). The topological polar surface area (TPSA) is 58.9 Å². The number of hydrogen-bond acceptors (Lipinski definition) is 2. The van der Waals surface area contributed by atoms with E-state index in [1.807, 2.05) is 0 Å². The molecule has 1 rings (SSSR count). The summed E-state index contributed by atoms with van der Waals surface area (Å²) in [5.74, 6) is 0. The van der Waals surface area contributed by atoms with Crippen molar-refractivity contribution in [3.8, 4) is 0 Å². The van der Waals surface area contributed by atoms with Gasteiger partial charge in [-0.25, -0.2) is 0 Å². The molecular formula is C6H8N2O. The Balaban J connectivity index is 3.08. The summed E-state index contributed by atoms with van der Waals surface area (Å²) in [5.41, 5.74) is 6.03. The highest BCUT2D eigenvalue weighted by Gasteiger charge is 1.85. The smallest absolute Gasteiger partial charge is 0.248 e. The lowest BCUT2D eigenvalue weighted by Gasteiger charge is -1.90. The summed E-state index contributed by atoms with van der Waals surface area (Å²) in [5, 5.41) is 0. The fourth-order valence-corrected chi connectivity index (χ4v) is 0.616. The van der Waals surface area contributed by atoms with Crippen LogP contribution in [-0.2, 0) is 6.54 Å². The third-order valence-electron chi connectivity index (χ3n) is 1.08. The van der Waals surface area contributed by atoms with Gasteiger partial charge in [-0.15, -0.1) is 0 Å². The Labute approximate surface area is 52.5 Å². The van der Waals surface area contributed by atoms with Gasteiger partial charge in [0.1, 0.15) is 0 Å². The number of hydrogen-bond donors (Lipinski definition) is 2. The minimum absolute atomic E-state index is 0.0991. The van der Waals surface area contributed by atoms with E-state index in [-0.39, 0.29) is 5.56 Å². The fourth-order valence-electron chi connectivity index (χ4n) is 0.616. The molecule has 0 saturated heterocycles. The maximum atomic E-state index is 10.5. The molecule has 1 heterocycles. The third kappa shape index (κ3) is 1.40. The highest BCUT2D eigenvalue weighted by Crippen LogP contribution is 1.87. The first-order valence-corrected chi connectivity index (χ1v) is 2.70. The Morgan fingerprint density at radius 3 is 2.89 bits per heavy atom. The van der Waals surface area contributed by atoms with Crippen molar-refractivity contribution < 1.29 is 0 Å². The van der Waals surface area contributed by atoms with Crippen LogP contribution >= 0.6 is 0 Å². The number of pyridine rings is 1. The van der Waals surface area contributed by atoms with Gasteiger partial charge in [0, 0.05) is 18.8 Å². The molecule has 3 nitrogen and oxygen atoms in total. The molecule has 0 radical (unpaired) electrons. The van der Waals surface area contributed by atoms with E-state index in [0.29, 0.717) is 6.54 Å². The summed E-state index contributed by atoms with van der Waals surface area (Å²) in [7, 11) is 0. The van der Waals surface area contributed by atoms with Crippen LogP contribution < -0.4 is 11.3 Å². The zero-order valence-electron chi connectivity index (χ0n) is 4.92. The molecule has 0 amide bonds. The fraction of sp³-hybridized carbons (Fsp3) is 0.167. The van der Waals surface area contributed by atoms with Gasteiger partial charge in [-0.05, 0) is 11.6 Å². The van der Waals surface area contributed by atoms with E-state index in [2.05, 4.69) is 4.98 Å². The Morgan fingerprint density at radius 2 is 2.44 bits per heavy atom. The van der Waals surface area contributed by atoms with Crippen molar-refractivity contribution in [2.75, 3.05) is 0 Å². The number of nitrogens with two attached hydrogens (primary N) is 1. The molecule has 0 bridgehead atoms. The molecular weight excluding hydrogens is 116 g/mol. The minimum atomic E-state index is -0.0991. The van der Waals surface area contributed by atoms with Gasteiger partial charge in [0.05, 0.1) is 0 Å². The number of aromatic amines is 1. The average molecular weight is 124 g/mol. The molecule has 3 heteroatoms. The number of rotatable bonds is 1. The van der Waals surface area contributed by atoms with Gasteiger partial charge in [0.2, 0.25) is 5.56 Å². The quantitative estimate of drug-likeness (QED) is 0.546. The first-order valence-electron chi connectivity index (χ1n) is 2.70. The Morgan fingerprint density at radius 1 is 1.67 bits per heavy atom. The van der Waals surface area contributed by atoms with Crippen LogP contribution in [0, 0.1) is 0 Å². The van der Waals surface area contributed by atoms with E-state index in [1.165, 1.54) is 6.07 Å². The Bertz CT molecular complexity index is 241. The molecule has 3 N–H and O–H groups in total. The molecule has 0 aromatic carbocycles. The van der Waals surface area contributed by atoms with Crippen molar-refractivity contribution in [3.63, 3.8) is 0 Å². The van der Waals surface area contributed by atoms with E-state index in [9.17, 15) is 4.79 Å². The maximum absolute atomic E-state index is 10.5. The molecule has 0 aliphatic rings. The molecule has 0 spiro atoms. The molecule has 9 heavy (non-hydrogen) atoms. The summed E-state index contributed by atoms with van der Waals surface area (Å²) in [6.45, 7) is 0.421. The van der Waals surface area contributed by atoms with Crippen molar-refractivity contribution >= 4 is 0 Å². The van der Waals surface area contributed by atoms with E-state index < -0.39 is 0 Å². The summed E-state index contributed by atoms with van der Waals surface area (Å²) >= 11 is 0. The molecule has 48 valence electrons. The molecule has 1 aromatic rings. The summed E-state index contributed by atoms with van der Waals surface area (Å²) in [6, 6.07) is 3.27. The molecule has 0 aliphatic carbocycles. The van der Waals surface area contributed by atoms with Crippen LogP contribution in [0.15, 0.2) is 23.1 Å². The lowest BCUT2D eigenvalue weighted by molar-refractivity contribution is 1.05. The van der Waals surface area contributed by atoms with Crippen LogP contribution in [0.5, 0.6) is 0 Å². The van der Waals surface area contributed by atoms with Crippen LogP contribution in [0.2, 0.25) is 0 Å². The largest absolute Gasteiger partial charge is 0.329 e. The minimum Gasteiger partial charge on any atom is -0.329 e. The van der Waals surface area contributed by atoms with E-state index in [4.69, 9.17) is 5.73 Å². The predicted octanol–water partition coefficient (Wildman–Crippen LogP) is -0.166. The molecule has 0 fully saturated rings. The average Bonchev–Trinajstić information content (AvgIpc) is 1.88. The van der Waals surface area contributed by atoms with Gasteiger partial charge in [-0.1, -0.05) is 0 Å². The third-order valence-corrected chi connectivity index (χ3v) is 1.08. The van der Waals surface area contributed by atoms with Gasteiger partial charge in [-0.3, -0.25) is 4.79 Å². The SMILES string of the molecule is NCc1cc[nH]c(=O)c1. The van der Waals surface area contributed by atoms with Gasteiger partial charge < -0.3 is 10.7 Å². The van der Waals surface area contributed by atoms with Gasteiger partial charge in [0.15, 0.2) is 0 Å². The highest BCUT2D eigenvalue weighted by molar-refractivity contribution is 5.08. The van der Waals surface area contributed by atoms with E-state index in [0.717, 1.165) is 5.56 Å². The summed E-state index contributed by atoms with van der Waals surface area (Å²) < 4.78 is 0. The second kappa shape index (κ2) is 2.46. The van der Waals surface area contributed by atoms with Crippen molar-refractivity contribution in [1.82, 2.24) is 4.98 Å². The second-order valence-electron chi connectivity index (χ2n) is 1.77. The highest BCUT2D eigenvalue weighted by atomic mass is 16.1. The molecule has 0 atom stereocenters. The van der Waals surface area contributed by atoms with Crippen LogP contribution in [-0.4, -0.2) is 4.98 Å². The number of H-pyrrole nitrogens is 1. The van der Waals surface area contributed by atoms with Crippen LogP contribution in [0.4, 0.5) is 0 Å². The number of aromatic nitrogens is 1. The van der Waals surface area contributed by atoms with Crippen molar-refractivity contribution in [2.45, 2.75) is 6.54 Å². The zero-order chi connectivity index (χ0) is 6.69. The van der Waals surface area contributed by atoms with Crippen LogP contribution in [0.3, 0.4) is 0 Å². The molecule has 1 aromatic heterocycles. The Hall–Kier alpha value is -1.09. The van der Waals surface area contributed by atoms with Gasteiger partial charge in [0.25, 0.3) is 0 Å². The lowest BCUT2D eigenvalue weighted by atomic mass is 10.3. The van der Waals surface area contributed by atoms with Crippen molar-refractivity contribution in [2.24, 2.45) is 5.73 Å². The van der Waals surface area contributed by atoms with Crippen LogP contribution in [0.25, 0.3) is 0 Å². The summed E-state index contributed by atoms with van der Waals surface area (Å²) in [6.07, 6.45) is 1.59. The zero-order valence-corrected chi connectivity index (χ0v) is 4.92. The van der Waals surface area contributed by atoms with Gasteiger partial charge >= 0.3 is 0 Å². The number of nitrogens with one attached hydrogen (secondary N) is 1. The lowest BCUT2D eigenvalue weighted by Crippen LogP contribution is -2.06. The summed E-state index contributed by atoms with van der Waals surface area (Å²) in [4.78, 5) is 13.0. The molecule has 0 unspecified atom stereocenters. The second-order valence-corrected chi connectivity index (χ2v) is 1.77. The molecule has 0 aliphatic heterocycles. The van der Waals surface area contributed by atoms with Crippen molar-refractivity contribution in [3.05, 3.63) is 34.2 Å². The first kappa shape index (κ1) is 6.04. The van der Waals surface area contributed by atoms with Crippen LogP contribution in [0.1, 0.15) is 5.56 Å². The van der Waals surface area contributed by atoms with Gasteiger partial charge in [-0.2, -0.15) is 0 Å².